The number of aromatic hydroxyl groups is 2. The van der Waals surface area contributed by atoms with Gasteiger partial charge in [-0.15, -0.1) is 0 Å². The number of aliphatic hydroxyl groups is 2. The topological polar surface area (TPSA) is 107 Å². The average Bonchev–Trinajstić information content (AvgIpc) is 2.98. The highest BCUT2D eigenvalue weighted by molar-refractivity contribution is 5.87. The third kappa shape index (κ3) is 4.58. The molecule has 0 amide bonds. The highest BCUT2D eigenvalue weighted by Crippen LogP contribution is 2.75. The summed E-state index contributed by atoms with van der Waals surface area (Å²) in [4.78, 5) is 13.0. The minimum absolute atomic E-state index is 0.0270. The van der Waals surface area contributed by atoms with Gasteiger partial charge >= 0.3 is 5.97 Å². The maximum absolute atomic E-state index is 13.0. The lowest BCUT2D eigenvalue weighted by atomic mass is 9.33. The number of hydrogen-bond donors (Lipinski definition) is 4. The molecule has 6 nitrogen and oxygen atoms in total. The quantitative estimate of drug-likeness (QED) is 0.119. The monoisotopic (exact) mass is 620 g/mol. The molecule has 0 bridgehead atoms. The Balaban J connectivity index is 1.26. The van der Waals surface area contributed by atoms with Crippen LogP contribution >= 0.6 is 0 Å². The SMILES string of the molecule is CC1CC(O)C2(CO)CCC3(C)C(=CCC4C5(C)CCC(OC(=O)C=Cc6ccc(O)c(O)c6)C(C)(C)C5CCC43C)C2C1C. The van der Waals surface area contributed by atoms with Gasteiger partial charge in [0.05, 0.1) is 12.7 Å². The molecule has 1 aromatic rings. The fourth-order valence-corrected chi connectivity index (χ4v) is 12.2. The number of phenols is 2. The second kappa shape index (κ2) is 10.9. The Morgan fingerprint density at radius 2 is 1.71 bits per heavy atom. The summed E-state index contributed by atoms with van der Waals surface area (Å²) in [6.07, 6.45) is 12.7. The third-order valence-electron chi connectivity index (χ3n) is 15.1. The van der Waals surface area contributed by atoms with Crippen LogP contribution in [0.15, 0.2) is 35.9 Å². The van der Waals surface area contributed by atoms with Crippen molar-refractivity contribution in [1.82, 2.24) is 0 Å². The highest BCUT2D eigenvalue weighted by atomic mass is 16.5. The van der Waals surface area contributed by atoms with Crippen molar-refractivity contribution in [3.63, 3.8) is 0 Å². The van der Waals surface area contributed by atoms with Crippen molar-refractivity contribution in [3.05, 3.63) is 41.5 Å². The van der Waals surface area contributed by atoms with E-state index >= 15 is 0 Å². The first kappa shape index (κ1) is 32.6. The molecule has 6 heteroatoms. The van der Waals surface area contributed by atoms with Crippen LogP contribution < -0.4 is 0 Å². The standard InChI is InChI=1S/C39H56O6/c1-23-20-31(43)39(22-40)19-18-37(6)26(34(39)24(23)2)10-12-30-36(5)16-15-32(35(3,4)29(36)14-17-38(30,37)7)45-33(44)13-9-25-8-11-27(41)28(42)21-25/h8-11,13,21,23-24,29-32,34,40-43H,12,14-20,22H2,1-7H3. The molecule has 11 atom stereocenters. The Kier molecular flexibility index (Phi) is 7.88. The van der Waals surface area contributed by atoms with Crippen LogP contribution in [0.25, 0.3) is 6.08 Å². The molecule has 0 heterocycles. The van der Waals surface area contributed by atoms with Gasteiger partial charge in [-0.2, -0.15) is 0 Å². The predicted octanol–water partition coefficient (Wildman–Crippen LogP) is 7.64. The maximum Gasteiger partial charge on any atom is 0.331 e. The van der Waals surface area contributed by atoms with Crippen molar-refractivity contribution in [2.45, 2.75) is 112 Å². The number of carbonyl (C=O) groups is 1. The zero-order chi connectivity index (χ0) is 32.7. The smallest absolute Gasteiger partial charge is 0.331 e. The van der Waals surface area contributed by atoms with Crippen molar-refractivity contribution in [3.8, 4) is 11.5 Å². The molecular formula is C39H56O6. The van der Waals surface area contributed by atoms with Gasteiger partial charge in [0.15, 0.2) is 11.5 Å². The van der Waals surface area contributed by atoms with Crippen molar-refractivity contribution in [2.75, 3.05) is 6.61 Å². The molecule has 4 N–H and O–H groups in total. The molecule has 5 aliphatic rings. The van der Waals surface area contributed by atoms with Gasteiger partial charge in [0.25, 0.3) is 0 Å². The van der Waals surface area contributed by atoms with Crippen molar-refractivity contribution >= 4 is 12.0 Å². The van der Waals surface area contributed by atoms with E-state index in [1.807, 2.05) is 0 Å². The molecule has 248 valence electrons. The first-order valence-electron chi connectivity index (χ1n) is 17.5. The summed E-state index contributed by atoms with van der Waals surface area (Å²) in [6.45, 7) is 16.9. The Hall–Kier alpha value is -2.31. The summed E-state index contributed by atoms with van der Waals surface area (Å²) in [5, 5.41) is 41.6. The van der Waals surface area contributed by atoms with E-state index in [9.17, 15) is 25.2 Å². The van der Waals surface area contributed by atoms with E-state index < -0.39 is 11.5 Å². The van der Waals surface area contributed by atoms with E-state index in [-0.39, 0.29) is 57.8 Å². The summed E-state index contributed by atoms with van der Waals surface area (Å²) in [7, 11) is 0. The van der Waals surface area contributed by atoms with Crippen LogP contribution in [0.3, 0.4) is 0 Å². The lowest BCUT2D eigenvalue weighted by Crippen LogP contribution is -2.66. The molecule has 45 heavy (non-hydrogen) atoms. The van der Waals surface area contributed by atoms with E-state index in [1.165, 1.54) is 23.8 Å². The molecule has 1 aromatic carbocycles. The van der Waals surface area contributed by atoms with Gasteiger partial charge in [-0.25, -0.2) is 4.79 Å². The number of ether oxygens (including phenoxy) is 1. The van der Waals surface area contributed by atoms with Crippen LogP contribution in [0.1, 0.15) is 105 Å². The number of rotatable bonds is 4. The van der Waals surface area contributed by atoms with E-state index in [1.54, 1.807) is 12.1 Å². The Morgan fingerprint density at radius 3 is 2.40 bits per heavy atom. The van der Waals surface area contributed by atoms with E-state index in [2.05, 4.69) is 54.5 Å². The van der Waals surface area contributed by atoms with E-state index in [0.717, 1.165) is 51.4 Å². The minimum atomic E-state index is -0.454. The van der Waals surface area contributed by atoms with Gasteiger partial charge < -0.3 is 25.2 Å². The van der Waals surface area contributed by atoms with Gasteiger partial charge in [0.2, 0.25) is 0 Å². The molecular weight excluding hydrogens is 564 g/mol. The molecule has 5 aliphatic carbocycles. The number of hydrogen-bond acceptors (Lipinski definition) is 6. The number of fused-ring (bicyclic) bond motifs is 7. The largest absolute Gasteiger partial charge is 0.504 e. The fraction of sp³-hybridized carbons (Fsp3) is 0.718. The molecule has 0 radical (unpaired) electrons. The lowest BCUT2D eigenvalue weighted by Gasteiger charge is -2.72. The molecule has 0 aliphatic heterocycles. The number of benzene rings is 1. The molecule has 6 rings (SSSR count). The van der Waals surface area contributed by atoms with Gasteiger partial charge in [-0.1, -0.05) is 66.2 Å². The van der Waals surface area contributed by atoms with Crippen molar-refractivity contribution in [1.29, 1.82) is 0 Å². The Bertz CT molecular complexity index is 1400. The van der Waals surface area contributed by atoms with Crippen molar-refractivity contribution in [2.24, 2.45) is 56.7 Å². The second-order valence-corrected chi connectivity index (χ2v) is 17.1. The van der Waals surface area contributed by atoms with E-state index in [4.69, 9.17) is 4.74 Å². The summed E-state index contributed by atoms with van der Waals surface area (Å²) in [5.41, 5.74) is 1.79. The molecule has 0 saturated heterocycles. The molecule has 0 spiro atoms. The summed E-state index contributed by atoms with van der Waals surface area (Å²) < 4.78 is 6.16. The van der Waals surface area contributed by atoms with Crippen LogP contribution in [0.5, 0.6) is 11.5 Å². The van der Waals surface area contributed by atoms with Gasteiger partial charge in [0.1, 0.15) is 6.10 Å². The summed E-state index contributed by atoms with van der Waals surface area (Å²) in [6, 6.07) is 4.47. The van der Waals surface area contributed by atoms with Gasteiger partial charge in [0, 0.05) is 16.9 Å². The predicted molar refractivity (Wildman–Crippen MR) is 176 cm³/mol. The normalized spacial score (nSPS) is 45.4. The second-order valence-electron chi connectivity index (χ2n) is 17.1. The van der Waals surface area contributed by atoms with Crippen LogP contribution in [0.4, 0.5) is 0 Å². The first-order valence-corrected chi connectivity index (χ1v) is 17.5. The number of aliphatic hydroxyl groups excluding tert-OH is 2. The number of phenolic OH excluding ortho intramolecular Hbond substituents is 2. The maximum atomic E-state index is 13.0. The molecule has 4 saturated carbocycles. The molecule has 0 aromatic heterocycles. The molecule has 4 fully saturated rings. The highest BCUT2D eigenvalue weighted by Gasteiger charge is 2.69. The first-order chi connectivity index (χ1) is 21.0. The fourth-order valence-electron chi connectivity index (χ4n) is 12.2. The number of carbonyl (C=O) groups excluding carboxylic acids is 1. The van der Waals surface area contributed by atoms with E-state index in [0.29, 0.717) is 29.2 Å². The zero-order valence-electron chi connectivity index (χ0n) is 28.5. The van der Waals surface area contributed by atoms with Crippen LogP contribution in [-0.4, -0.2) is 45.2 Å². The Labute approximate surface area is 270 Å². The zero-order valence-corrected chi connectivity index (χ0v) is 28.5. The van der Waals surface area contributed by atoms with Gasteiger partial charge in [-0.05, 0) is 121 Å². The summed E-state index contributed by atoms with van der Waals surface area (Å²) in [5.74, 6) is 1.21. The average molecular weight is 621 g/mol. The van der Waals surface area contributed by atoms with Crippen LogP contribution in [0.2, 0.25) is 0 Å². The molecule has 11 unspecified atom stereocenters. The van der Waals surface area contributed by atoms with Gasteiger partial charge in [-0.3, -0.25) is 0 Å². The van der Waals surface area contributed by atoms with Crippen LogP contribution in [-0.2, 0) is 9.53 Å². The summed E-state index contributed by atoms with van der Waals surface area (Å²) >= 11 is 0. The minimum Gasteiger partial charge on any atom is -0.504 e. The third-order valence-corrected chi connectivity index (χ3v) is 15.1. The lowest BCUT2D eigenvalue weighted by molar-refractivity contribution is -0.218. The number of esters is 1. The Morgan fingerprint density at radius 1 is 0.978 bits per heavy atom. The van der Waals surface area contributed by atoms with Crippen molar-refractivity contribution < 1.29 is 30.0 Å². The van der Waals surface area contributed by atoms with Crippen LogP contribution in [0, 0.1) is 56.7 Å². The number of allylic oxidation sites excluding steroid dienone is 2.